The van der Waals surface area contributed by atoms with E-state index in [2.05, 4.69) is 40.0 Å². The third-order valence-electron chi connectivity index (χ3n) is 5.09. The fourth-order valence-electron chi connectivity index (χ4n) is 3.23. The number of nitrogens with one attached hydrogen (secondary N) is 2. The van der Waals surface area contributed by atoms with Crippen molar-refractivity contribution in [2.45, 2.75) is 26.4 Å². The van der Waals surface area contributed by atoms with E-state index in [-0.39, 0.29) is 0 Å². The molecule has 0 saturated carbocycles. The Bertz CT molecular complexity index is 836. The summed E-state index contributed by atoms with van der Waals surface area (Å²) in [5.74, 6) is 0.684. The van der Waals surface area contributed by atoms with E-state index in [0.29, 0.717) is 24.0 Å². The van der Waals surface area contributed by atoms with Crippen LogP contribution in [-0.4, -0.2) is 36.2 Å². The second-order valence-electron chi connectivity index (χ2n) is 6.97. The maximum absolute atomic E-state index is 12.7. The first-order valence-electron chi connectivity index (χ1n) is 9.22. The Balaban J connectivity index is 1.63. The van der Waals surface area contributed by atoms with E-state index < -0.39 is 11.7 Å². The van der Waals surface area contributed by atoms with Gasteiger partial charge in [0.15, 0.2) is 5.11 Å². The van der Waals surface area contributed by atoms with E-state index in [1.54, 1.807) is 0 Å². The lowest BCUT2D eigenvalue weighted by Crippen LogP contribution is -2.38. The van der Waals surface area contributed by atoms with Crippen molar-refractivity contribution in [2.75, 3.05) is 36.4 Å². The van der Waals surface area contributed by atoms with Crippen molar-refractivity contribution in [3.63, 3.8) is 0 Å². The normalized spacial score (nSPS) is 15.3. The highest BCUT2D eigenvalue weighted by atomic mass is 32.1. The Hall–Kier alpha value is -2.35. The number of halogens is 3. The lowest BCUT2D eigenvalue weighted by atomic mass is 10.1. The van der Waals surface area contributed by atoms with Crippen LogP contribution in [0.15, 0.2) is 36.5 Å². The number of pyridine rings is 1. The second kappa shape index (κ2) is 8.34. The Morgan fingerprint density at radius 1 is 1.07 bits per heavy atom. The van der Waals surface area contributed by atoms with Crippen LogP contribution in [0.25, 0.3) is 0 Å². The summed E-state index contributed by atoms with van der Waals surface area (Å²) in [6.07, 6.45) is -2.45. The van der Waals surface area contributed by atoms with E-state index in [1.807, 2.05) is 12.1 Å². The van der Waals surface area contributed by atoms with Crippen LogP contribution in [0.5, 0.6) is 0 Å². The molecule has 0 aliphatic carbocycles. The summed E-state index contributed by atoms with van der Waals surface area (Å²) >= 11 is 5.60. The molecular formula is C20H24F3N4S+. The van der Waals surface area contributed by atoms with Gasteiger partial charge in [-0.15, -0.1) is 0 Å². The van der Waals surface area contributed by atoms with Gasteiger partial charge < -0.3 is 10.2 Å². The van der Waals surface area contributed by atoms with Crippen LogP contribution in [0, 0.1) is 13.8 Å². The van der Waals surface area contributed by atoms with E-state index in [9.17, 15) is 13.2 Å². The minimum absolute atomic E-state index is 0.673. The molecule has 0 atom stereocenters. The molecule has 1 aromatic carbocycles. The van der Waals surface area contributed by atoms with Gasteiger partial charge in [0.2, 0.25) is 0 Å². The summed E-state index contributed by atoms with van der Waals surface area (Å²) in [6.45, 7) is 7.05. The molecule has 28 heavy (non-hydrogen) atoms. The van der Waals surface area contributed by atoms with Gasteiger partial charge in [-0.1, -0.05) is 12.1 Å². The number of hydrogen-bond acceptors (Lipinski definition) is 2. The first kappa shape index (κ1) is 20.4. The van der Waals surface area contributed by atoms with Crippen molar-refractivity contribution >= 4 is 28.8 Å². The molecule has 8 heteroatoms. The number of aryl methyl sites for hydroxylation is 1. The molecule has 150 valence electrons. The van der Waals surface area contributed by atoms with Crippen molar-refractivity contribution in [1.82, 2.24) is 4.90 Å². The van der Waals surface area contributed by atoms with Crippen LogP contribution in [0.2, 0.25) is 0 Å². The summed E-state index contributed by atoms with van der Waals surface area (Å²) in [5.41, 5.74) is 2.70. The van der Waals surface area contributed by atoms with Crippen LogP contribution in [0.1, 0.15) is 23.1 Å². The van der Waals surface area contributed by atoms with Gasteiger partial charge in [0, 0.05) is 24.7 Å². The number of rotatable bonds is 2. The smallest absolute Gasteiger partial charge is 0.345 e. The molecule has 1 fully saturated rings. The van der Waals surface area contributed by atoms with Gasteiger partial charge in [0.25, 0.3) is 5.82 Å². The van der Waals surface area contributed by atoms with Gasteiger partial charge in [0.05, 0.1) is 18.7 Å². The number of anilines is 2. The number of aromatic amines is 1. The molecule has 1 saturated heterocycles. The predicted molar refractivity (Wildman–Crippen MR) is 109 cm³/mol. The lowest BCUT2D eigenvalue weighted by molar-refractivity contribution is -0.367. The molecule has 1 aromatic heterocycles. The summed E-state index contributed by atoms with van der Waals surface area (Å²) in [5, 5.41) is 4.01. The van der Waals surface area contributed by atoms with Crippen molar-refractivity contribution in [3.8, 4) is 0 Å². The number of nitrogens with zero attached hydrogens (tertiary/aromatic N) is 2. The number of hydrogen-bond donors (Lipinski definition) is 1. The van der Waals surface area contributed by atoms with Crippen molar-refractivity contribution in [3.05, 3.63) is 53.2 Å². The molecular weight excluding hydrogens is 385 g/mol. The van der Waals surface area contributed by atoms with Crippen molar-refractivity contribution in [2.24, 2.45) is 0 Å². The van der Waals surface area contributed by atoms with Gasteiger partial charge in [-0.2, -0.15) is 13.2 Å². The largest absolute Gasteiger partial charge is 0.419 e. The first-order chi connectivity index (χ1) is 13.3. The monoisotopic (exact) mass is 409 g/mol. The zero-order valence-corrected chi connectivity index (χ0v) is 16.8. The molecule has 1 aliphatic rings. The molecule has 0 bridgehead atoms. The number of benzene rings is 1. The Morgan fingerprint density at radius 2 is 1.86 bits per heavy atom. The van der Waals surface area contributed by atoms with E-state index in [1.165, 1.54) is 17.2 Å². The van der Waals surface area contributed by atoms with Crippen LogP contribution < -0.4 is 15.2 Å². The lowest BCUT2D eigenvalue weighted by Gasteiger charge is -2.24. The van der Waals surface area contributed by atoms with E-state index >= 15 is 0 Å². The highest BCUT2D eigenvalue weighted by molar-refractivity contribution is 7.80. The van der Waals surface area contributed by atoms with E-state index in [0.717, 1.165) is 37.5 Å². The van der Waals surface area contributed by atoms with Gasteiger partial charge in [-0.3, -0.25) is 4.90 Å². The third-order valence-corrected chi connectivity index (χ3v) is 5.45. The molecule has 0 amide bonds. The van der Waals surface area contributed by atoms with Crippen LogP contribution in [0.4, 0.5) is 24.7 Å². The summed E-state index contributed by atoms with van der Waals surface area (Å²) in [4.78, 5) is 6.95. The maximum atomic E-state index is 12.7. The van der Waals surface area contributed by atoms with E-state index in [4.69, 9.17) is 12.2 Å². The molecule has 0 radical (unpaired) electrons. The minimum atomic E-state index is -4.34. The highest BCUT2D eigenvalue weighted by Crippen LogP contribution is 2.28. The number of H-pyrrole nitrogens is 1. The second-order valence-corrected chi connectivity index (χ2v) is 7.35. The van der Waals surface area contributed by atoms with Crippen LogP contribution >= 0.6 is 12.2 Å². The number of aromatic nitrogens is 1. The molecule has 0 unspecified atom stereocenters. The standard InChI is InChI=1S/C20H23F3N4S/c1-14-5-3-6-17(15(14)2)25-19(28)27-10-4-9-26(11-12-27)18-8-7-16(13-24-18)20(21,22)23/h3,5-8,13H,4,9-12H2,1-2H3,(H,25,28)/p+1. The SMILES string of the molecule is Cc1cccc(NC(=S)N2CCCN(c3ccc(C(F)(F)F)c[nH+]3)CC2)c1C. The minimum Gasteiger partial charge on any atom is -0.345 e. The van der Waals surface area contributed by atoms with Gasteiger partial charge in [0.1, 0.15) is 12.7 Å². The summed E-state index contributed by atoms with van der Waals surface area (Å²) < 4.78 is 38.2. The fourth-order valence-corrected chi connectivity index (χ4v) is 3.52. The first-order valence-corrected chi connectivity index (χ1v) is 9.62. The highest BCUT2D eigenvalue weighted by Gasteiger charge is 2.32. The molecule has 0 spiro atoms. The quantitative estimate of drug-likeness (QED) is 0.759. The average molecular weight is 410 g/mol. The summed E-state index contributed by atoms with van der Waals surface area (Å²) in [6, 6.07) is 8.67. The van der Waals surface area contributed by atoms with Crippen LogP contribution in [0.3, 0.4) is 0 Å². The van der Waals surface area contributed by atoms with Crippen molar-refractivity contribution < 1.29 is 18.2 Å². The number of thiocarbonyl (C=S) groups is 1. The van der Waals surface area contributed by atoms with Crippen LogP contribution in [-0.2, 0) is 6.18 Å². The maximum Gasteiger partial charge on any atom is 0.419 e. The molecule has 2 aromatic rings. The molecule has 2 N–H and O–H groups in total. The average Bonchev–Trinajstić information content (AvgIpc) is 2.91. The Morgan fingerprint density at radius 3 is 2.54 bits per heavy atom. The molecule has 4 nitrogen and oxygen atoms in total. The topological polar surface area (TPSA) is 32.6 Å². The fraction of sp³-hybridized carbons (Fsp3) is 0.400. The zero-order valence-electron chi connectivity index (χ0n) is 15.9. The molecule has 3 rings (SSSR count). The van der Waals surface area contributed by atoms with Gasteiger partial charge >= 0.3 is 6.18 Å². The van der Waals surface area contributed by atoms with Gasteiger partial charge in [-0.25, -0.2) is 4.98 Å². The Labute approximate surface area is 168 Å². The molecule has 1 aliphatic heterocycles. The number of alkyl halides is 3. The van der Waals surface area contributed by atoms with Crippen molar-refractivity contribution in [1.29, 1.82) is 0 Å². The Kier molecular flexibility index (Phi) is 6.07. The predicted octanol–water partition coefficient (Wildman–Crippen LogP) is 4.05. The van der Waals surface area contributed by atoms with Gasteiger partial charge in [-0.05, 0) is 49.3 Å². The third kappa shape index (κ3) is 4.73. The summed E-state index contributed by atoms with van der Waals surface area (Å²) in [7, 11) is 0. The zero-order chi connectivity index (χ0) is 20.3. The molecule has 2 heterocycles.